The first-order valence-corrected chi connectivity index (χ1v) is 7.20. The Kier molecular flexibility index (Phi) is 4.11. The third-order valence-corrected chi connectivity index (χ3v) is 4.30. The lowest BCUT2D eigenvalue weighted by Gasteiger charge is -2.42. The van der Waals surface area contributed by atoms with Gasteiger partial charge < -0.3 is 10.2 Å². The van der Waals surface area contributed by atoms with Crippen molar-refractivity contribution in [1.29, 1.82) is 0 Å². The van der Waals surface area contributed by atoms with Gasteiger partial charge in [-0.15, -0.1) is 0 Å². The minimum Gasteiger partial charge on any atom is -0.310 e. The highest BCUT2D eigenvalue weighted by molar-refractivity contribution is 4.99. The fourth-order valence-corrected chi connectivity index (χ4v) is 3.42. The van der Waals surface area contributed by atoms with Crippen molar-refractivity contribution in [1.82, 2.24) is 15.1 Å². The third-order valence-electron chi connectivity index (χ3n) is 4.30. The molecule has 100 valence electrons. The highest BCUT2D eigenvalue weighted by Crippen LogP contribution is 2.25. The molecule has 2 fully saturated rings. The fraction of sp³-hybridized carbons (Fsp3) is 1.00. The van der Waals surface area contributed by atoms with Crippen molar-refractivity contribution in [2.24, 2.45) is 5.92 Å². The number of hydrogen-bond acceptors (Lipinski definition) is 3. The molecule has 0 aliphatic carbocycles. The highest BCUT2D eigenvalue weighted by atomic mass is 15.3. The second kappa shape index (κ2) is 5.25. The normalized spacial score (nSPS) is 31.2. The van der Waals surface area contributed by atoms with Gasteiger partial charge >= 0.3 is 0 Å². The molecular weight excluding hydrogens is 210 g/mol. The van der Waals surface area contributed by atoms with Gasteiger partial charge in [-0.05, 0) is 32.7 Å². The van der Waals surface area contributed by atoms with Crippen LogP contribution >= 0.6 is 0 Å². The lowest BCUT2D eigenvalue weighted by Crippen LogP contribution is -2.57. The van der Waals surface area contributed by atoms with Crippen LogP contribution in [0.2, 0.25) is 0 Å². The van der Waals surface area contributed by atoms with E-state index in [4.69, 9.17) is 0 Å². The molecular formula is C14H29N3. The molecule has 2 rings (SSSR count). The van der Waals surface area contributed by atoms with E-state index in [0.717, 1.165) is 12.0 Å². The Labute approximate surface area is 107 Å². The van der Waals surface area contributed by atoms with Crippen LogP contribution in [0.4, 0.5) is 0 Å². The second-order valence-corrected chi connectivity index (χ2v) is 6.68. The van der Waals surface area contributed by atoms with Crippen LogP contribution in [0.5, 0.6) is 0 Å². The summed E-state index contributed by atoms with van der Waals surface area (Å²) in [6, 6.07) is 0.740. The zero-order valence-electron chi connectivity index (χ0n) is 12.0. The Hall–Kier alpha value is -0.120. The number of rotatable bonds is 3. The Morgan fingerprint density at radius 3 is 2.29 bits per heavy atom. The maximum atomic E-state index is 3.63. The van der Waals surface area contributed by atoms with Crippen LogP contribution in [0.1, 0.15) is 34.1 Å². The van der Waals surface area contributed by atoms with Crippen molar-refractivity contribution in [3.8, 4) is 0 Å². The summed E-state index contributed by atoms with van der Waals surface area (Å²) in [5.41, 5.74) is 0.306. The van der Waals surface area contributed by atoms with Crippen molar-refractivity contribution in [2.45, 2.75) is 45.7 Å². The van der Waals surface area contributed by atoms with E-state index in [0.29, 0.717) is 5.54 Å². The molecule has 0 saturated carbocycles. The maximum Gasteiger partial charge on any atom is 0.0285 e. The minimum atomic E-state index is 0.306. The second-order valence-electron chi connectivity index (χ2n) is 6.68. The highest BCUT2D eigenvalue weighted by Gasteiger charge is 2.38. The molecule has 1 unspecified atom stereocenters. The smallest absolute Gasteiger partial charge is 0.0285 e. The molecule has 17 heavy (non-hydrogen) atoms. The van der Waals surface area contributed by atoms with Gasteiger partial charge in [0, 0.05) is 44.3 Å². The quantitative estimate of drug-likeness (QED) is 0.803. The van der Waals surface area contributed by atoms with Crippen molar-refractivity contribution in [3.63, 3.8) is 0 Å². The van der Waals surface area contributed by atoms with Gasteiger partial charge in [-0.2, -0.15) is 0 Å². The van der Waals surface area contributed by atoms with Crippen LogP contribution in [0.3, 0.4) is 0 Å². The average Bonchev–Trinajstić information content (AvgIpc) is 2.58. The number of nitrogens with one attached hydrogen (secondary N) is 1. The van der Waals surface area contributed by atoms with E-state index in [1.54, 1.807) is 0 Å². The maximum absolute atomic E-state index is 3.63. The summed E-state index contributed by atoms with van der Waals surface area (Å²) in [5.74, 6) is 0.797. The first kappa shape index (κ1) is 13.3. The number of hydrogen-bond donors (Lipinski definition) is 1. The van der Waals surface area contributed by atoms with Crippen LogP contribution in [0, 0.1) is 5.92 Å². The average molecular weight is 239 g/mol. The SMILES string of the molecule is CC(C)CN1CCN(C2CCNC2(C)C)CC1. The Morgan fingerprint density at radius 2 is 1.82 bits per heavy atom. The van der Waals surface area contributed by atoms with Crippen molar-refractivity contribution in [3.05, 3.63) is 0 Å². The first-order valence-electron chi connectivity index (χ1n) is 7.20. The van der Waals surface area contributed by atoms with Crippen LogP contribution < -0.4 is 5.32 Å². The van der Waals surface area contributed by atoms with E-state index in [2.05, 4.69) is 42.8 Å². The molecule has 3 nitrogen and oxygen atoms in total. The van der Waals surface area contributed by atoms with Crippen molar-refractivity contribution in [2.75, 3.05) is 39.3 Å². The molecule has 2 aliphatic rings. The van der Waals surface area contributed by atoms with E-state index in [1.165, 1.54) is 45.7 Å². The predicted molar refractivity (Wildman–Crippen MR) is 73.3 cm³/mol. The Balaban J connectivity index is 1.83. The Morgan fingerprint density at radius 1 is 1.18 bits per heavy atom. The van der Waals surface area contributed by atoms with Gasteiger partial charge in [-0.1, -0.05) is 13.8 Å². The largest absolute Gasteiger partial charge is 0.310 e. The lowest BCUT2D eigenvalue weighted by molar-refractivity contribution is 0.0687. The van der Waals surface area contributed by atoms with Crippen LogP contribution in [-0.4, -0.2) is 60.6 Å². The van der Waals surface area contributed by atoms with E-state index in [1.807, 2.05) is 0 Å². The molecule has 1 N–H and O–H groups in total. The zero-order chi connectivity index (χ0) is 12.5. The van der Waals surface area contributed by atoms with E-state index in [9.17, 15) is 0 Å². The molecule has 2 saturated heterocycles. The summed E-state index contributed by atoms with van der Waals surface area (Å²) in [5, 5.41) is 3.63. The third kappa shape index (κ3) is 3.21. The molecule has 0 bridgehead atoms. The van der Waals surface area contributed by atoms with Gasteiger partial charge in [0.25, 0.3) is 0 Å². The Bertz CT molecular complexity index is 242. The molecule has 0 aromatic rings. The fourth-order valence-electron chi connectivity index (χ4n) is 3.42. The van der Waals surface area contributed by atoms with Gasteiger partial charge in [-0.3, -0.25) is 4.90 Å². The summed E-state index contributed by atoms with van der Waals surface area (Å²) in [6.07, 6.45) is 1.32. The number of nitrogens with zero attached hydrogens (tertiary/aromatic N) is 2. The van der Waals surface area contributed by atoms with Crippen molar-refractivity contribution < 1.29 is 0 Å². The molecule has 0 spiro atoms. The zero-order valence-corrected chi connectivity index (χ0v) is 12.0. The molecule has 0 aromatic carbocycles. The van der Waals surface area contributed by atoms with Gasteiger partial charge in [0.05, 0.1) is 0 Å². The van der Waals surface area contributed by atoms with Gasteiger partial charge in [0.1, 0.15) is 0 Å². The number of piperazine rings is 1. The topological polar surface area (TPSA) is 18.5 Å². The molecule has 3 heteroatoms. The summed E-state index contributed by atoms with van der Waals surface area (Å²) in [6.45, 7) is 16.8. The summed E-state index contributed by atoms with van der Waals surface area (Å²) >= 11 is 0. The van der Waals surface area contributed by atoms with E-state index >= 15 is 0 Å². The molecule has 0 aromatic heterocycles. The minimum absolute atomic E-state index is 0.306. The van der Waals surface area contributed by atoms with Gasteiger partial charge in [0.15, 0.2) is 0 Å². The predicted octanol–water partition coefficient (Wildman–Crippen LogP) is 1.40. The van der Waals surface area contributed by atoms with Crippen LogP contribution in [-0.2, 0) is 0 Å². The van der Waals surface area contributed by atoms with Gasteiger partial charge in [-0.25, -0.2) is 0 Å². The monoisotopic (exact) mass is 239 g/mol. The van der Waals surface area contributed by atoms with E-state index < -0.39 is 0 Å². The first-order chi connectivity index (χ1) is 7.99. The lowest BCUT2D eigenvalue weighted by atomic mass is 9.94. The summed E-state index contributed by atoms with van der Waals surface area (Å²) in [4.78, 5) is 5.33. The van der Waals surface area contributed by atoms with Crippen LogP contribution in [0.25, 0.3) is 0 Å². The van der Waals surface area contributed by atoms with Crippen LogP contribution in [0.15, 0.2) is 0 Å². The summed E-state index contributed by atoms with van der Waals surface area (Å²) in [7, 11) is 0. The summed E-state index contributed by atoms with van der Waals surface area (Å²) < 4.78 is 0. The van der Waals surface area contributed by atoms with E-state index in [-0.39, 0.29) is 0 Å². The van der Waals surface area contributed by atoms with Crippen molar-refractivity contribution >= 4 is 0 Å². The van der Waals surface area contributed by atoms with Gasteiger partial charge in [0.2, 0.25) is 0 Å². The molecule has 2 aliphatic heterocycles. The molecule has 0 amide bonds. The molecule has 1 atom stereocenters. The molecule has 2 heterocycles. The molecule has 0 radical (unpaired) electrons. The standard InChI is InChI=1S/C14H29N3/c1-12(2)11-16-7-9-17(10-8-16)13-5-6-15-14(13,3)4/h12-13,15H,5-11H2,1-4H3.